The summed E-state index contributed by atoms with van der Waals surface area (Å²) < 4.78 is 18.8. The van der Waals surface area contributed by atoms with E-state index in [1.54, 1.807) is 38.5 Å². The number of thioether (sulfide) groups is 1. The molecule has 6 nitrogen and oxygen atoms in total. The van der Waals surface area contributed by atoms with Gasteiger partial charge in [0.2, 0.25) is 0 Å². The SMILES string of the molecule is COc1ccc(Cl)cc1N=C1NC(=O)/C(=C/c2cc(I)c(OCc3ccc(Br)cc3)c(OC)c2)S1. The molecule has 0 spiro atoms. The molecule has 1 fully saturated rings. The number of amidine groups is 1. The van der Waals surface area contributed by atoms with Gasteiger partial charge in [-0.25, -0.2) is 4.99 Å². The summed E-state index contributed by atoms with van der Waals surface area (Å²) in [5.41, 5.74) is 2.38. The second-order valence-corrected chi connectivity index (χ2v) is 10.8. The summed E-state index contributed by atoms with van der Waals surface area (Å²) in [5, 5.41) is 3.76. The van der Waals surface area contributed by atoms with Crippen molar-refractivity contribution in [2.75, 3.05) is 14.2 Å². The average molecular weight is 686 g/mol. The molecule has 0 saturated carbocycles. The number of halogens is 3. The maximum Gasteiger partial charge on any atom is 0.264 e. The van der Waals surface area contributed by atoms with Crippen LogP contribution in [-0.2, 0) is 11.4 Å². The number of aliphatic imine (C=N–C) groups is 1. The molecule has 0 aliphatic carbocycles. The molecule has 3 aromatic rings. The first-order valence-electron chi connectivity index (χ1n) is 10.2. The third kappa shape index (κ3) is 6.52. The van der Waals surface area contributed by atoms with Gasteiger partial charge in [-0.15, -0.1) is 0 Å². The zero-order valence-corrected chi connectivity index (χ0v) is 23.9. The van der Waals surface area contributed by atoms with Crippen LogP contribution in [0.1, 0.15) is 11.1 Å². The van der Waals surface area contributed by atoms with Crippen molar-refractivity contribution in [2.45, 2.75) is 6.61 Å². The van der Waals surface area contributed by atoms with E-state index in [2.05, 4.69) is 48.8 Å². The minimum Gasteiger partial charge on any atom is -0.494 e. The molecule has 0 radical (unpaired) electrons. The Morgan fingerprint density at radius 3 is 2.54 bits per heavy atom. The first-order valence-corrected chi connectivity index (χ1v) is 13.3. The molecule has 1 saturated heterocycles. The van der Waals surface area contributed by atoms with E-state index in [1.165, 1.54) is 11.8 Å². The van der Waals surface area contributed by atoms with Gasteiger partial charge < -0.3 is 19.5 Å². The van der Waals surface area contributed by atoms with Gasteiger partial charge in [0, 0.05) is 9.50 Å². The minimum atomic E-state index is -0.237. The normalized spacial score (nSPS) is 15.4. The Bertz CT molecular complexity index is 1330. The number of carbonyl (C=O) groups excluding carboxylic acids is 1. The number of hydrogen-bond acceptors (Lipinski definition) is 6. The van der Waals surface area contributed by atoms with Crippen molar-refractivity contribution in [3.05, 3.63) is 83.7 Å². The lowest BCUT2D eigenvalue weighted by Gasteiger charge is -2.14. The minimum absolute atomic E-state index is 0.237. The first-order chi connectivity index (χ1) is 16.9. The number of hydrogen-bond donors (Lipinski definition) is 1. The fourth-order valence-corrected chi connectivity index (χ4v) is 5.24. The van der Waals surface area contributed by atoms with Gasteiger partial charge >= 0.3 is 0 Å². The van der Waals surface area contributed by atoms with E-state index in [4.69, 9.17) is 25.8 Å². The molecule has 1 aliphatic heterocycles. The Labute approximate surface area is 234 Å². The summed E-state index contributed by atoms with van der Waals surface area (Å²) in [6.45, 7) is 0.408. The second-order valence-electron chi connectivity index (χ2n) is 7.25. The number of amides is 1. The topological polar surface area (TPSA) is 69.2 Å². The number of carbonyl (C=O) groups is 1. The summed E-state index contributed by atoms with van der Waals surface area (Å²) in [7, 11) is 3.15. The Morgan fingerprint density at radius 1 is 1.09 bits per heavy atom. The summed E-state index contributed by atoms with van der Waals surface area (Å²) in [4.78, 5) is 17.6. The maximum absolute atomic E-state index is 12.6. The molecule has 0 bridgehead atoms. The Kier molecular flexibility index (Phi) is 8.64. The van der Waals surface area contributed by atoms with Crippen molar-refractivity contribution in [1.82, 2.24) is 5.32 Å². The smallest absolute Gasteiger partial charge is 0.264 e. The van der Waals surface area contributed by atoms with Gasteiger partial charge in [0.05, 0.1) is 22.7 Å². The van der Waals surface area contributed by atoms with Crippen LogP contribution in [0.2, 0.25) is 5.02 Å². The maximum atomic E-state index is 12.6. The standard InChI is InChI=1S/C25H19BrClIN2O4S/c1-32-20-8-7-17(27)12-19(20)29-25-30-24(31)22(35-25)11-15-9-18(28)23(21(10-15)33-2)34-13-14-3-5-16(26)6-4-14/h3-12H,13H2,1-2H3,(H,29,30,31)/b22-11-. The van der Waals surface area contributed by atoms with Crippen molar-refractivity contribution in [1.29, 1.82) is 0 Å². The van der Waals surface area contributed by atoms with Crippen LogP contribution in [0.4, 0.5) is 5.69 Å². The van der Waals surface area contributed by atoms with Crippen LogP contribution in [0.3, 0.4) is 0 Å². The lowest BCUT2D eigenvalue weighted by molar-refractivity contribution is -0.115. The highest BCUT2D eigenvalue weighted by Gasteiger charge is 2.25. The van der Waals surface area contributed by atoms with Crippen molar-refractivity contribution < 1.29 is 19.0 Å². The molecule has 4 rings (SSSR count). The Morgan fingerprint density at radius 2 is 1.83 bits per heavy atom. The van der Waals surface area contributed by atoms with E-state index in [-0.39, 0.29) is 5.91 Å². The molecule has 0 unspecified atom stereocenters. The lowest BCUT2D eigenvalue weighted by atomic mass is 10.2. The van der Waals surface area contributed by atoms with Gasteiger partial charge in [-0.2, -0.15) is 0 Å². The van der Waals surface area contributed by atoms with Crippen molar-refractivity contribution in [3.8, 4) is 17.2 Å². The molecule has 1 aliphatic rings. The fourth-order valence-electron chi connectivity index (χ4n) is 3.19. The predicted octanol–water partition coefficient (Wildman–Crippen LogP) is 7.19. The zero-order valence-electron chi connectivity index (χ0n) is 18.6. The molecular formula is C25H19BrClIN2O4S. The van der Waals surface area contributed by atoms with Gasteiger partial charge in [-0.3, -0.25) is 4.79 Å². The molecule has 1 amide bonds. The number of nitrogens with one attached hydrogen (secondary N) is 1. The average Bonchev–Trinajstić information content (AvgIpc) is 3.17. The van der Waals surface area contributed by atoms with E-state index in [1.807, 2.05) is 36.4 Å². The molecule has 1 N–H and O–H groups in total. The van der Waals surface area contributed by atoms with E-state index in [0.29, 0.717) is 44.6 Å². The number of methoxy groups -OCH3 is 2. The van der Waals surface area contributed by atoms with Gasteiger partial charge in [-0.05, 0) is 94.0 Å². The summed E-state index contributed by atoms with van der Waals surface area (Å²) >= 11 is 13.0. The number of ether oxygens (including phenoxy) is 3. The summed E-state index contributed by atoms with van der Waals surface area (Å²) in [6, 6.07) is 16.9. The van der Waals surface area contributed by atoms with Crippen LogP contribution in [0.25, 0.3) is 6.08 Å². The first kappa shape index (κ1) is 25.9. The molecule has 1 heterocycles. The number of nitrogens with zero attached hydrogens (tertiary/aromatic N) is 1. The Hall–Kier alpha value is -2.21. The second kappa shape index (κ2) is 11.7. The van der Waals surface area contributed by atoms with Gasteiger partial charge in [0.25, 0.3) is 5.91 Å². The quantitative estimate of drug-likeness (QED) is 0.211. The van der Waals surface area contributed by atoms with Gasteiger partial charge in [0.1, 0.15) is 18.0 Å². The molecular weight excluding hydrogens is 667 g/mol. The monoisotopic (exact) mass is 684 g/mol. The van der Waals surface area contributed by atoms with Crippen molar-refractivity contribution in [2.24, 2.45) is 4.99 Å². The molecule has 35 heavy (non-hydrogen) atoms. The lowest BCUT2D eigenvalue weighted by Crippen LogP contribution is -2.19. The van der Waals surface area contributed by atoms with E-state index < -0.39 is 0 Å². The molecule has 3 aromatic carbocycles. The van der Waals surface area contributed by atoms with E-state index in [9.17, 15) is 4.79 Å². The molecule has 10 heteroatoms. The zero-order chi connectivity index (χ0) is 24.9. The van der Waals surface area contributed by atoms with E-state index >= 15 is 0 Å². The van der Waals surface area contributed by atoms with Crippen LogP contribution in [-0.4, -0.2) is 25.3 Å². The van der Waals surface area contributed by atoms with Gasteiger partial charge in [0.15, 0.2) is 16.7 Å². The molecule has 0 atom stereocenters. The third-order valence-corrected chi connectivity index (χ3v) is 7.33. The van der Waals surface area contributed by atoms with Crippen LogP contribution in [0, 0.1) is 3.57 Å². The molecule has 0 aromatic heterocycles. The number of rotatable bonds is 7. The fraction of sp³-hybridized carbons (Fsp3) is 0.120. The van der Waals surface area contributed by atoms with Crippen LogP contribution in [0.15, 0.2) is 69.0 Å². The van der Waals surface area contributed by atoms with Crippen LogP contribution >= 0.6 is 61.9 Å². The highest BCUT2D eigenvalue weighted by molar-refractivity contribution is 14.1. The predicted molar refractivity (Wildman–Crippen MR) is 153 cm³/mol. The molecule has 180 valence electrons. The van der Waals surface area contributed by atoms with Gasteiger partial charge in [-0.1, -0.05) is 39.7 Å². The van der Waals surface area contributed by atoms with E-state index in [0.717, 1.165) is 19.2 Å². The van der Waals surface area contributed by atoms with Crippen molar-refractivity contribution in [3.63, 3.8) is 0 Å². The summed E-state index contributed by atoms with van der Waals surface area (Å²) in [5.74, 6) is 1.56. The van der Waals surface area contributed by atoms with Crippen LogP contribution in [0.5, 0.6) is 17.2 Å². The highest BCUT2D eigenvalue weighted by atomic mass is 127. The van der Waals surface area contributed by atoms with Crippen LogP contribution < -0.4 is 19.5 Å². The largest absolute Gasteiger partial charge is 0.494 e. The highest BCUT2D eigenvalue weighted by Crippen LogP contribution is 2.37. The summed E-state index contributed by atoms with van der Waals surface area (Å²) in [6.07, 6.45) is 1.79. The number of benzene rings is 3. The Balaban J connectivity index is 1.55. The third-order valence-electron chi connectivity index (χ3n) is 4.86. The van der Waals surface area contributed by atoms with Crippen molar-refractivity contribution >= 4 is 84.7 Å².